The number of carbonyl (C=O) groups is 1. The molecule has 6 heteroatoms. The Kier molecular flexibility index (Phi) is 4.52. The summed E-state index contributed by atoms with van der Waals surface area (Å²) in [7, 11) is 0. The van der Waals surface area contributed by atoms with Gasteiger partial charge in [-0.3, -0.25) is 0 Å². The molecule has 132 valence electrons. The van der Waals surface area contributed by atoms with Crippen molar-refractivity contribution < 1.29 is 9.53 Å². The fourth-order valence-corrected chi connectivity index (χ4v) is 5.48. The van der Waals surface area contributed by atoms with Crippen molar-refractivity contribution in [3.63, 3.8) is 0 Å². The second-order valence-electron chi connectivity index (χ2n) is 7.51. The van der Waals surface area contributed by atoms with Crippen LogP contribution < -0.4 is 5.32 Å². The Morgan fingerprint density at radius 1 is 1.33 bits per heavy atom. The molecule has 3 fully saturated rings. The molecule has 3 aliphatic rings. The Morgan fingerprint density at radius 3 is 2.92 bits per heavy atom. The quantitative estimate of drug-likeness (QED) is 0.887. The molecule has 0 aromatic carbocycles. The van der Waals surface area contributed by atoms with E-state index < -0.39 is 0 Å². The van der Waals surface area contributed by atoms with Crippen molar-refractivity contribution >= 4 is 17.4 Å². The number of amides is 2. The van der Waals surface area contributed by atoms with Crippen molar-refractivity contribution in [1.29, 1.82) is 0 Å². The zero-order chi connectivity index (χ0) is 16.6. The maximum Gasteiger partial charge on any atom is 0.318 e. The maximum absolute atomic E-state index is 13.0. The second kappa shape index (κ2) is 6.64. The van der Waals surface area contributed by atoms with E-state index in [9.17, 15) is 4.79 Å². The number of rotatable bonds is 2. The van der Waals surface area contributed by atoms with Crippen LogP contribution in [0.3, 0.4) is 0 Å². The lowest BCUT2D eigenvalue weighted by molar-refractivity contribution is 0.00535. The number of ether oxygens (including phenoxy) is 1. The van der Waals surface area contributed by atoms with Gasteiger partial charge in [0.1, 0.15) is 0 Å². The van der Waals surface area contributed by atoms with E-state index in [0.29, 0.717) is 6.04 Å². The molecule has 1 aromatic heterocycles. The van der Waals surface area contributed by atoms with Crippen LogP contribution >= 0.6 is 11.3 Å². The third-order valence-corrected chi connectivity index (χ3v) is 6.98. The van der Waals surface area contributed by atoms with Gasteiger partial charge in [0, 0.05) is 31.2 Å². The summed E-state index contributed by atoms with van der Waals surface area (Å²) >= 11 is 1.67. The molecule has 2 atom stereocenters. The molecular weight excluding hydrogens is 322 g/mol. The van der Waals surface area contributed by atoms with Gasteiger partial charge in [0.25, 0.3) is 0 Å². The van der Waals surface area contributed by atoms with E-state index >= 15 is 0 Å². The number of hydrogen-bond donors (Lipinski definition) is 1. The van der Waals surface area contributed by atoms with Gasteiger partial charge in [0.2, 0.25) is 0 Å². The molecule has 0 unspecified atom stereocenters. The summed E-state index contributed by atoms with van der Waals surface area (Å²) in [4.78, 5) is 19.6. The van der Waals surface area contributed by atoms with Crippen LogP contribution in [-0.4, -0.2) is 41.7 Å². The summed E-state index contributed by atoms with van der Waals surface area (Å²) in [5.74, 6) is 0. The van der Waals surface area contributed by atoms with Gasteiger partial charge in [0.15, 0.2) is 0 Å². The molecule has 2 amide bonds. The summed E-state index contributed by atoms with van der Waals surface area (Å²) in [6, 6.07) is 0.579. The minimum absolute atomic E-state index is 0.112. The molecule has 24 heavy (non-hydrogen) atoms. The second-order valence-corrected chi connectivity index (χ2v) is 8.57. The van der Waals surface area contributed by atoms with Gasteiger partial charge in [-0.05, 0) is 50.9 Å². The van der Waals surface area contributed by atoms with E-state index in [-0.39, 0.29) is 17.5 Å². The summed E-state index contributed by atoms with van der Waals surface area (Å²) in [6.07, 6.45) is 7.84. The number of hydrogen-bond acceptors (Lipinski definition) is 4. The van der Waals surface area contributed by atoms with E-state index in [2.05, 4.69) is 15.7 Å². The highest BCUT2D eigenvalue weighted by Crippen LogP contribution is 2.46. The predicted octanol–water partition coefficient (Wildman–Crippen LogP) is 3.65. The standard InChI is InChI=1S/C18H27N3O2S/c1-13-19-14(12-24-13)15-4-3-9-21(15)17(22)20-16-5-2-6-18(16)7-10-23-11-8-18/h12,15-16H,2-11H2,1H3,(H,20,22)/t15-,16-/m1/s1. The van der Waals surface area contributed by atoms with Crippen LogP contribution in [0.4, 0.5) is 4.79 Å². The van der Waals surface area contributed by atoms with Gasteiger partial charge >= 0.3 is 6.03 Å². The lowest BCUT2D eigenvalue weighted by Gasteiger charge is -2.40. The predicted molar refractivity (Wildman–Crippen MR) is 94.2 cm³/mol. The number of urea groups is 1. The first-order chi connectivity index (χ1) is 11.7. The zero-order valence-corrected chi connectivity index (χ0v) is 15.2. The molecule has 2 aliphatic heterocycles. The Morgan fingerprint density at radius 2 is 2.17 bits per heavy atom. The van der Waals surface area contributed by atoms with E-state index in [1.54, 1.807) is 11.3 Å². The van der Waals surface area contributed by atoms with Gasteiger partial charge in [-0.2, -0.15) is 0 Å². The lowest BCUT2D eigenvalue weighted by Crippen LogP contribution is -2.51. The smallest absolute Gasteiger partial charge is 0.318 e. The normalized spacial score (nSPS) is 29.3. The highest BCUT2D eigenvalue weighted by atomic mass is 32.1. The highest BCUT2D eigenvalue weighted by molar-refractivity contribution is 7.09. The molecule has 1 spiro atoms. The SMILES string of the molecule is Cc1nc([C@H]2CCCN2C(=O)N[C@@H]2CCCC23CCOCC3)cs1. The van der Waals surface area contributed by atoms with E-state index in [1.165, 1.54) is 12.8 Å². The maximum atomic E-state index is 13.0. The van der Waals surface area contributed by atoms with Crippen LogP contribution in [0.2, 0.25) is 0 Å². The van der Waals surface area contributed by atoms with Crippen LogP contribution in [0.15, 0.2) is 5.38 Å². The monoisotopic (exact) mass is 349 g/mol. The topological polar surface area (TPSA) is 54.5 Å². The first kappa shape index (κ1) is 16.3. The van der Waals surface area contributed by atoms with Crippen LogP contribution in [0.25, 0.3) is 0 Å². The average molecular weight is 350 g/mol. The van der Waals surface area contributed by atoms with Gasteiger partial charge in [-0.1, -0.05) is 6.42 Å². The van der Waals surface area contributed by atoms with Crippen molar-refractivity contribution in [3.8, 4) is 0 Å². The van der Waals surface area contributed by atoms with E-state index in [1.807, 2.05) is 11.8 Å². The van der Waals surface area contributed by atoms with Crippen molar-refractivity contribution in [2.45, 2.75) is 64.0 Å². The van der Waals surface area contributed by atoms with Crippen molar-refractivity contribution in [3.05, 3.63) is 16.1 Å². The first-order valence-corrected chi connectivity index (χ1v) is 10.1. The number of aryl methyl sites for hydroxylation is 1. The molecule has 0 radical (unpaired) electrons. The molecular formula is C18H27N3O2S. The zero-order valence-electron chi connectivity index (χ0n) is 14.4. The van der Waals surface area contributed by atoms with Gasteiger partial charge in [-0.15, -0.1) is 11.3 Å². The number of nitrogens with zero attached hydrogens (tertiary/aromatic N) is 2. The summed E-state index contributed by atoms with van der Waals surface area (Å²) < 4.78 is 5.56. The molecule has 4 rings (SSSR count). The molecule has 1 aliphatic carbocycles. The molecule has 1 saturated carbocycles. The number of thiazole rings is 1. The van der Waals surface area contributed by atoms with E-state index in [0.717, 1.165) is 62.6 Å². The molecule has 0 bridgehead atoms. The average Bonchev–Trinajstić information content (AvgIpc) is 3.29. The van der Waals surface area contributed by atoms with Gasteiger partial charge in [-0.25, -0.2) is 9.78 Å². The van der Waals surface area contributed by atoms with Gasteiger partial charge in [0.05, 0.1) is 16.7 Å². The Hall–Kier alpha value is -1.14. The number of nitrogens with one attached hydrogen (secondary N) is 1. The molecule has 5 nitrogen and oxygen atoms in total. The molecule has 1 aromatic rings. The minimum Gasteiger partial charge on any atom is -0.381 e. The summed E-state index contributed by atoms with van der Waals surface area (Å²) in [5.41, 5.74) is 1.35. The Bertz CT molecular complexity index is 597. The minimum atomic E-state index is 0.112. The van der Waals surface area contributed by atoms with Crippen LogP contribution in [0.1, 0.15) is 61.7 Å². The highest BCUT2D eigenvalue weighted by Gasteiger charge is 2.45. The lowest BCUT2D eigenvalue weighted by atomic mass is 9.75. The molecule has 2 saturated heterocycles. The molecule has 1 N–H and O–H groups in total. The fraction of sp³-hybridized carbons (Fsp3) is 0.778. The third kappa shape index (κ3) is 2.94. The fourth-order valence-electron chi connectivity index (χ4n) is 4.82. The Balaban J connectivity index is 1.45. The van der Waals surface area contributed by atoms with Crippen LogP contribution in [0.5, 0.6) is 0 Å². The van der Waals surface area contributed by atoms with Crippen molar-refractivity contribution in [2.75, 3.05) is 19.8 Å². The summed E-state index contributed by atoms with van der Waals surface area (Å²) in [5, 5.41) is 6.59. The number of carbonyl (C=O) groups excluding carboxylic acids is 1. The van der Waals surface area contributed by atoms with Crippen LogP contribution in [0, 0.1) is 12.3 Å². The molecule has 3 heterocycles. The van der Waals surface area contributed by atoms with E-state index in [4.69, 9.17) is 4.74 Å². The van der Waals surface area contributed by atoms with Crippen LogP contribution in [-0.2, 0) is 4.74 Å². The first-order valence-electron chi connectivity index (χ1n) is 9.25. The number of likely N-dealkylation sites (tertiary alicyclic amines) is 1. The van der Waals surface area contributed by atoms with Gasteiger partial charge < -0.3 is 15.0 Å². The Labute approximate surface area is 147 Å². The largest absolute Gasteiger partial charge is 0.381 e. The third-order valence-electron chi connectivity index (χ3n) is 6.18. The summed E-state index contributed by atoms with van der Waals surface area (Å²) in [6.45, 7) is 4.56. The van der Waals surface area contributed by atoms with Crippen molar-refractivity contribution in [2.24, 2.45) is 5.41 Å². The number of aromatic nitrogens is 1. The van der Waals surface area contributed by atoms with Crippen molar-refractivity contribution in [1.82, 2.24) is 15.2 Å².